The molecule has 28 heavy (non-hydrogen) atoms. The van der Waals surface area contributed by atoms with Crippen molar-refractivity contribution < 1.29 is 9.53 Å². The smallest absolute Gasteiger partial charge is 0.299 e. The second kappa shape index (κ2) is 7.83. The number of aryl methyl sites for hydroxylation is 1. The highest BCUT2D eigenvalue weighted by atomic mass is 16.5. The summed E-state index contributed by atoms with van der Waals surface area (Å²) in [5.41, 5.74) is 13.1. The molecule has 0 saturated heterocycles. The van der Waals surface area contributed by atoms with Gasteiger partial charge in [0.05, 0.1) is 12.8 Å². The van der Waals surface area contributed by atoms with Crippen molar-refractivity contribution in [3.05, 3.63) is 76.9 Å². The maximum absolute atomic E-state index is 12.7. The van der Waals surface area contributed by atoms with Crippen molar-refractivity contribution in [2.45, 2.75) is 13.8 Å². The Morgan fingerprint density at radius 3 is 2.79 bits per heavy atom. The van der Waals surface area contributed by atoms with Gasteiger partial charge in [0.2, 0.25) is 5.90 Å². The molecule has 0 aromatic heterocycles. The van der Waals surface area contributed by atoms with Crippen LogP contribution < -0.4 is 16.5 Å². The number of aliphatic imine (C=N–C) groups is 1. The fraction of sp³-hybridized carbons (Fsp3) is 0.150. The van der Waals surface area contributed by atoms with Crippen molar-refractivity contribution >= 4 is 23.3 Å². The SMILES string of the molecule is COC(=N)/C=C\C(N)=NC(=O)C1=C(C)NC2=CC=C(c3cccc(C)c3)NN21. The number of carbonyl (C=O) groups is 1. The zero-order valence-electron chi connectivity index (χ0n) is 15.9. The van der Waals surface area contributed by atoms with Gasteiger partial charge in [-0.1, -0.05) is 23.8 Å². The molecule has 0 spiro atoms. The van der Waals surface area contributed by atoms with Gasteiger partial charge in [0.25, 0.3) is 5.91 Å². The maximum Gasteiger partial charge on any atom is 0.299 e. The lowest BCUT2D eigenvalue weighted by Gasteiger charge is -2.28. The van der Waals surface area contributed by atoms with E-state index in [1.165, 1.54) is 19.3 Å². The molecule has 0 saturated carbocycles. The number of benzene rings is 1. The third kappa shape index (κ3) is 3.96. The van der Waals surface area contributed by atoms with E-state index in [4.69, 9.17) is 15.9 Å². The molecule has 144 valence electrons. The maximum atomic E-state index is 12.7. The van der Waals surface area contributed by atoms with Gasteiger partial charge in [-0.05, 0) is 43.7 Å². The minimum atomic E-state index is -0.502. The minimum Gasteiger partial charge on any atom is -0.481 e. The fourth-order valence-electron chi connectivity index (χ4n) is 2.81. The molecule has 8 heteroatoms. The average molecular weight is 378 g/mol. The average Bonchev–Trinajstić information content (AvgIpc) is 3.00. The Balaban J connectivity index is 1.82. The van der Waals surface area contributed by atoms with Gasteiger partial charge in [0.15, 0.2) is 5.70 Å². The number of amides is 1. The van der Waals surface area contributed by atoms with E-state index in [1.54, 1.807) is 11.9 Å². The standard InChI is InChI=1S/C20H22N6O2/c1-12-5-4-6-14(11-12)15-7-10-18-23-13(2)19(26(18)25-15)20(27)24-16(21)8-9-17(22)28-3/h4-11,22-23,25H,1-3H3,(H2,21,24,27)/b9-8-,22-17?. The number of ether oxygens (including phenoxy) is 1. The van der Waals surface area contributed by atoms with Crippen LogP contribution in [0.15, 0.2) is 70.8 Å². The van der Waals surface area contributed by atoms with Crippen molar-refractivity contribution in [1.82, 2.24) is 15.8 Å². The highest BCUT2D eigenvalue weighted by molar-refractivity contribution is 6.07. The third-order valence-corrected chi connectivity index (χ3v) is 4.16. The summed E-state index contributed by atoms with van der Waals surface area (Å²) < 4.78 is 4.71. The zero-order valence-corrected chi connectivity index (χ0v) is 15.9. The van der Waals surface area contributed by atoms with Crippen LogP contribution in [0.1, 0.15) is 18.1 Å². The number of carbonyl (C=O) groups excluding carboxylic acids is 1. The summed E-state index contributed by atoms with van der Waals surface area (Å²) in [6.45, 7) is 3.82. The molecule has 2 heterocycles. The monoisotopic (exact) mass is 378 g/mol. The lowest BCUT2D eigenvalue weighted by atomic mass is 10.1. The molecule has 3 rings (SSSR count). The second-order valence-corrected chi connectivity index (χ2v) is 6.29. The molecule has 0 unspecified atom stereocenters. The van der Waals surface area contributed by atoms with E-state index < -0.39 is 5.91 Å². The number of nitrogens with zero attached hydrogens (tertiary/aromatic N) is 2. The van der Waals surface area contributed by atoms with E-state index in [2.05, 4.69) is 21.8 Å². The van der Waals surface area contributed by atoms with E-state index in [0.717, 1.165) is 22.6 Å². The molecular weight excluding hydrogens is 356 g/mol. The van der Waals surface area contributed by atoms with Crippen LogP contribution in [-0.2, 0) is 9.53 Å². The van der Waals surface area contributed by atoms with Crippen molar-refractivity contribution in [3.63, 3.8) is 0 Å². The van der Waals surface area contributed by atoms with Crippen molar-refractivity contribution in [2.24, 2.45) is 10.7 Å². The van der Waals surface area contributed by atoms with Crippen molar-refractivity contribution in [1.29, 1.82) is 5.41 Å². The number of hydrogen-bond donors (Lipinski definition) is 4. The Hall–Kier alpha value is -3.81. The zero-order chi connectivity index (χ0) is 20.3. The number of nitrogens with one attached hydrogen (secondary N) is 3. The predicted octanol–water partition coefficient (Wildman–Crippen LogP) is 1.90. The van der Waals surface area contributed by atoms with Gasteiger partial charge >= 0.3 is 0 Å². The number of allylic oxidation sites excluding steroid dienone is 3. The van der Waals surface area contributed by atoms with Gasteiger partial charge in [-0.15, -0.1) is 0 Å². The number of hydrazine groups is 1. The Morgan fingerprint density at radius 2 is 2.07 bits per heavy atom. The van der Waals surface area contributed by atoms with Crippen LogP contribution in [0.5, 0.6) is 0 Å². The Bertz CT molecular complexity index is 984. The molecule has 2 aliphatic heterocycles. The highest BCUT2D eigenvalue weighted by Gasteiger charge is 2.32. The van der Waals surface area contributed by atoms with E-state index in [9.17, 15) is 4.79 Å². The Kier molecular flexibility index (Phi) is 5.30. The molecule has 0 fully saturated rings. The van der Waals surface area contributed by atoms with E-state index in [1.807, 2.05) is 37.3 Å². The summed E-state index contributed by atoms with van der Waals surface area (Å²) in [4.78, 5) is 16.6. The number of hydrogen-bond acceptors (Lipinski definition) is 6. The van der Waals surface area contributed by atoms with Crippen LogP contribution in [0.2, 0.25) is 0 Å². The van der Waals surface area contributed by atoms with Gasteiger partial charge in [-0.2, -0.15) is 4.99 Å². The highest BCUT2D eigenvalue weighted by Crippen LogP contribution is 2.28. The summed E-state index contributed by atoms with van der Waals surface area (Å²) in [6.07, 6.45) is 6.51. The molecular formula is C20H22N6O2. The number of rotatable bonds is 4. The first-order chi connectivity index (χ1) is 13.4. The van der Waals surface area contributed by atoms with Gasteiger partial charge in [0, 0.05) is 11.8 Å². The topological polar surface area (TPSA) is 116 Å². The first kappa shape index (κ1) is 19.0. The quantitative estimate of drug-likeness (QED) is 0.470. The Labute approximate surface area is 163 Å². The van der Waals surface area contributed by atoms with E-state index in [-0.39, 0.29) is 11.7 Å². The largest absolute Gasteiger partial charge is 0.481 e. The molecule has 2 aliphatic rings. The molecule has 1 aromatic rings. The van der Waals surface area contributed by atoms with Crippen LogP contribution >= 0.6 is 0 Å². The molecule has 0 aliphatic carbocycles. The number of methoxy groups -OCH3 is 1. The fourth-order valence-corrected chi connectivity index (χ4v) is 2.81. The predicted molar refractivity (Wildman–Crippen MR) is 109 cm³/mol. The van der Waals surface area contributed by atoms with Gasteiger partial charge in [-0.3, -0.25) is 15.6 Å². The van der Waals surface area contributed by atoms with Crippen LogP contribution in [0.4, 0.5) is 0 Å². The third-order valence-electron chi connectivity index (χ3n) is 4.16. The van der Waals surface area contributed by atoms with Crippen molar-refractivity contribution in [3.8, 4) is 0 Å². The van der Waals surface area contributed by atoms with Crippen LogP contribution in [0.3, 0.4) is 0 Å². The van der Waals surface area contributed by atoms with Crippen molar-refractivity contribution in [2.75, 3.05) is 7.11 Å². The van der Waals surface area contributed by atoms with Gasteiger partial charge in [-0.25, -0.2) is 5.01 Å². The van der Waals surface area contributed by atoms with E-state index in [0.29, 0.717) is 11.4 Å². The molecule has 1 amide bonds. The summed E-state index contributed by atoms with van der Waals surface area (Å²) >= 11 is 0. The molecule has 5 N–H and O–H groups in total. The summed E-state index contributed by atoms with van der Waals surface area (Å²) in [5, 5.41) is 12.2. The van der Waals surface area contributed by atoms with Crippen LogP contribution in [-0.4, -0.2) is 29.8 Å². The summed E-state index contributed by atoms with van der Waals surface area (Å²) in [7, 11) is 1.37. The van der Waals surface area contributed by atoms with Gasteiger partial charge < -0.3 is 15.8 Å². The molecule has 8 nitrogen and oxygen atoms in total. The second-order valence-electron chi connectivity index (χ2n) is 6.29. The molecule has 1 aromatic carbocycles. The number of amidine groups is 1. The first-order valence-electron chi connectivity index (χ1n) is 8.62. The number of fused-ring (bicyclic) bond motifs is 1. The van der Waals surface area contributed by atoms with Crippen LogP contribution in [0.25, 0.3) is 5.70 Å². The lowest BCUT2D eigenvalue weighted by molar-refractivity contribution is -0.115. The van der Waals surface area contributed by atoms with Gasteiger partial charge in [0.1, 0.15) is 11.7 Å². The van der Waals surface area contributed by atoms with Crippen LogP contribution in [0, 0.1) is 12.3 Å². The number of nitrogens with two attached hydrogens (primary N) is 1. The normalized spacial score (nSPS) is 16.2. The molecule has 0 bridgehead atoms. The molecule has 0 atom stereocenters. The lowest BCUT2D eigenvalue weighted by Crippen LogP contribution is -2.38. The summed E-state index contributed by atoms with van der Waals surface area (Å²) in [6, 6.07) is 8.07. The molecule has 0 radical (unpaired) electrons. The minimum absolute atomic E-state index is 0.0176. The first-order valence-corrected chi connectivity index (χ1v) is 8.62. The summed E-state index contributed by atoms with van der Waals surface area (Å²) in [5.74, 6) is 0.121. The van der Waals surface area contributed by atoms with E-state index >= 15 is 0 Å². The Morgan fingerprint density at radius 1 is 1.29 bits per heavy atom.